The van der Waals surface area contributed by atoms with Gasteiger partial charge in [0.1, 0.15) is 11.5 Å². The van der Waals surface area contributed by atoms with E-state index in [1.807, 2.05) is 18.2 Å². The molecule has 2 aromatic carbocycles. The number of methoxy groups -OCH3 is 2. The monoisotopic (exact) mass is 295 g/mol. The van der Waals surface area contributed by atoms with Crippen LogP contribution in [0.2, 0.25) is 0 Å². The number of aryl methyl sites for hydroxylation is 1. The Kier molecular flexibility index (Phi) is 4.42. The molecule has 0 spiro atoms. The zero-order valence-corrected chi connectivity index (χ0v) is 13.1. The van der Waals surface area contributed by atoms with Crippen molar-refractivity contribution in [2.24, 2.45) is 4.99 Å². The van der Waals surface area contributed by atoms with Gasteiger partial charge in [0.05, 0.1) is 14.2 Å². The third kappa shape index (κ3) is 3.14. The summed E-state index contributed by atoms with van der Waals surface area (Å²) in [7, 11) is 3.41. The molecule has 0 atom stereocenters. The lowest BCUT2D eigenvalue weighted by molar-refractivity contribution is 0.414. The van der Waals surface area contributed by atoms with Crippen molar-refractivity contribution in [2.45, 2.75) is 19.3 Å². The zero-order chi connectivity index (χ0) is 15.4. The average Bonchev–Trinajstić information content (AvgIpc) is 2.59. The van der Waals surface area contributed by atoms with Crippen LogP contribution in [0, 0.1) is 0 Å². The third-order valence-electron chi connectivity index (χ3n) is 4.09. The average molecular weight is 295 g/mol. The lowest BCUT2D eigenvalue weighted by atomic mass is 9.93. The summed E-state index contributed by atoms with van der Waals surface area (Å²) in [5.41, 5.74) is 5.10. The van der Waals surface area contributed by atoms with E-state index >= 15 is 0 Å². The van der Waals surface area contributed by atoms with Gasteiger partial charge in [-0.3, -0.25) is 4.99 Å². The molecule has 3 nitrogen and oxygen atoms in total. The van der Waals surface area contributed by atoms with Gasteiger partial charge >= 0.3 is 0 Å². The molecule has 22 heavy (non-hydrogen) atoms. The van der Waals surface area contributed by atoms with Crippen molar-refractivity contribution >= 4 is 5.71 Å². The standard InChI is InChI=1S/C19H21NO2/c1-21-16-5-3-4-14(12-16)6-9-19-18-8-7-17(22-2)13-15(18)10-11-20-19/h3-5,7-8,12-13H,6,9-11H2,1-2H3. The first kappa shape index (κ1) is 14.6. The van der Waals surface area contributed by atoms with Crippen LogP contribution in [0.15, 0.2) is 47.5 Å². The number of benzene rings is 2. The number of rotatable bonds is 5. The Morgan fingerprint density at radius 3 is 2.59 bits per heavy atom. The molecule has 0 unspecified atom stereocenters. The Morgan fingerprint density at radius 1 is 0.955 bits per heavy atom. The number of nitrogens with zero attached hydrogens (tertiary/aromatic N) is 1. The Labute approximate surface area is 131 Å². The van der Waals surface area contributed by atoms with Gasteiger partial charge in [-0.1, -0.05) is 12.1 Å². The summed E-state index contributed by atoms with van der Waals surface area (Å²) >= 11 is 0. The summed E-state index contributed by atoms with van der Waals surface area (Å²) < 4.78 is 10.6. The minimum absolute atomic E-state index is 0.869. The van der Waals surface area contributed by atoms with E-state index in [1.165, 1.54) is 22.4 Å². The fraction of sp³-hybridized carbons (Fsp3) is 0.316. The highest BCUT2D eigenvalue weighted by atomic mass is 16.5. The number of ether oxygens (including phenoxy) is 2. The highest BCUT2D eigenvalue weighted by Crippen LogP contribution is 2.24. The smallest absolute Gasteiger partial charge is 0.119 e. The molecule has 1 heterocycles. The molecular weight excluding hydrogens is 274 g/mol. The molecule has 3 rings (SSSR count). The molecule has 0 fully saturated rings. The van der Waals surface area contributed by atoms with E-state index in [0.717, 1.165) is 37.3 Å². The molecule has 0 bridgehead atoms. The number of fused-ring (bicyclic) bond motifs is 1. The van der Waals surface area contributed by atoms with E-state index in [0.29, 0.717) is 0 Å². The minimum atomic E-state index is 0.869. The largest absolute Gasteiger partial charge is 0.497 e. The van der Waals surface area contributed by atoms with Crippen molar-refractivity contribution in [1.29, 1.82) is 0 Å². The Balaban J connectivity index is 1.75. The molecule has 0 N–H and O–H groups in total. The Hall–Kier alpha value is -2.29. The van der Waals surface area contributed by atoms with Gasteiger partial charge in [0.15, 0.2) is 0 Å². The Bertz CT molecular complexity index is 692. The van der Waals surface area contributed by atoms with Crippen molar-refractivity contribution in [2.75, 3.05) is 20.8 Å². The summed E-state index contributed by atoms with van der Waals surface area (Å²) in [5, 5.41) is 0. The van der Waals surface area contributed by atoms with Crippen LogP contribution in [0.4, 0.5) is 0 Å². The maximum absolute atomic E-state index is 5.32. The summed E-state index contributed by atoms with van der Waals surface area (Å²) in [5.74, 6) is 1.83. The van der Waals surface area contributed by atoms with Gasteiger partial charge in [-0.25, -0.2) is 0 Å². The van der Waals surface area contributed by atoms with Gasteiger partial charge in [0.2, 0.25) is 0 Å². The van der Waals surface area contributed by atoms with Crippen molar-refractivity contribution in [3.63, 3.8) is 0 Å². The van der Waals surface area contributed by atoms with E-state index in [2.05, 4.69) is 24.3 Å². The van der Waals surface area contributed by atoms with Gasteiger partial charge < -0.3 is 9.47 Å². The zero-order valence-electron chi connectivity index (χ0n) is 13.1. The summed E-state index contributed by atoms with van der Waals surface area (Å²) in [4.78, 5) is 4.73. The molecule has 3 heteroatoms. The normalized spacial score (nSPS) is 13.3. The Morgan fingerprint density at radius 2 is 1.77 bits per heavy atom. The fourth-order valence-corrected chi connectivity index (χ4v) is 2.89. The van der Waals surface area contributed by atoms with E-state index in [9.17, 15) is 0 Å². The van der Waals surface area contributed by atoms with Gasteiger partial charge in [-0.15, -0.1) is 0 Å². The topological polar surface area (TPSA) is 30.8 Å². The highest BCUT2D eigenvalue weighted by Gasteiger charge is 2.14. The molecule has 0 aliphatic carbocycles. The predicted octanol–water partition coefficient (Wildman–Crippen LogP) is 3.68. The molecule has 0 saturated carbocycles. The van der Waals surface area contributed by atoms with Gasteiger partial charge in [0, 0.05) is 12.3 Å². The maximum atomic E-state index is 5.32. The third-order valence-corrected chi connectivity index (χ3v) is 4.09. The van der Waals surface area contributed by atoms with Crippen LogP contribution in [-0.2, 0) is 12.8 Å². The molecule has 1 aliphatic rings. The van der Waals surface area contributed by atoms with Crippen molar-refractivity contribution in [3.05, 3.63) is 59.2 Å². The fourth-order valence-electron chi connectivity index (χ4n) is 2.89. The van der Waals surface area contributed by atoms with Gasteiger partial charge in [-0.05, 0) is 66.3 Å². The minimum Gasteiger partial charge on any atom is -0.497 e. The summed E-state index contributed by atoms with van der Waals surface area (Å²) in [6.45, 7) is 0.869. The van der Waals surface area contributed by atoms with Crippen LogP contribution in [0.5, 0.6) is 11.5 Å². The van der Waals surface area contributed by atoms with Crippen LogP contribution >= 0.6 is 0 Å². The molecular formula is C19H21NO2. The van der Waals surface area contributed by atoms with Crippen molar-refractivity contribution < 1.29 is 9.47 Å². The second kappa shape index (κ2) is 6.65. The SMILES string of the molecule is COc1cccc(CCC2=NCCc3cc(OC)ccc32)c1. The molecule has 0 aromatic heterocycles. The second-order valence-corrected chi connectivity index (χ2v) is 5.45. The molecule has 0 amide bonds. The van der Waals surface area contributed by atoms with E-state index in [4.69, 9.17) is 14.5 Å². The summed E-state index contributed by atoms with van der Waals surface area (Å²) in [6, 6.07) is 14.5. The van der Waals surface area contributed by atoms with E-state index in [-0.39, 0.29) is 0 Å². The van der Waals surface area contributed by atoms with Crippen LogP contribution < -0.4 is 9.47 Å². The first-order valence-electron chi connectivity index (χ1n) is 7.63. The van der Waals surface area contributed by atoms with E-state index < -0.39 is 0 Å². The molecule has 0 saturated heterocycles. The first-order chi connectivity index (χ1) is 10.8. The van der Waals surface area contributed by atoms with Crippen molar-refractivity contribution in [1.82, 2.24) is 0 Å². The lowest BCUT2D eigenvalue weighted by Crippen LogP contribution is -2.14. The van der Waals surface area contributed by atoms with E-state index in [1.54, 1.807) is 14.2 Å². The van der Waals surface area contributed by atoms with Gasteiger partial charge in [0.25, 0.3) is 0 Å². The summed E-state index contributed by atoms with van der Waals surface area (Å²) in [6.07, 6.45) is 2.92. The van der Waals surface area contributed by atoms with Crippen LogP contribution in [-0.4, -0.2) is 26.5 Å². The molecule has 1 aliphatic heterocycles. The number of hydrogen-bond acceptors (Lipinski definition) is 3. The van der Waals surface area contributed by atoms with Crippen molar-refractivity contribution in [3.8, 4) is 11.5 Å². The number of hydrogen-bond donors (Lipinski definition) is 0. The quantitative estimate of drug-likeness (QED) is 0.842. The van der Waals surface area contributed by atoms with Crippen LogP contribution in [0.1, 0.15) is 23.1 Å². The highest BCUT2D eigenvalue weighted by molar-refractivity contribution is 6.02. The maximum Gasteiger partial charge on any atom is 0.119 e. The molecule has 114 valence electrons. The lowest BCUT2D eigenvalue weighted by Gasteiger charge is -2.18. The molecule has 2 aromatic rings. The first-order valence-corrected chi connectivity index (χ1v) is 7.63. The number of aliphatic imine (C=N–C) groups is 1. The van der Waals surface area contributed by atoms with Crippen LogP contribution in [0.25, 0.3) is 0 Å². The molecule has 0 radical (unpaired) electrons. The van der Waals surface area contributed by atoms with Gasteiger partial charge in [-0.2, -0.15) is 0 Å². The second-order valence-electron chi connectivity index (χ2n) is 5.45. The predicted molar refractivity (Wildman–Crippen MR) is 89.4 cm³/mol. The van der Waals surface area contributed by atoms with Crippen LogP contribution in [0.3, 0.4) is 0 Å².